The van der Waals surface area contributed by atoms with Crippen molar-refractivity contribution in [2.45, 2.75) is 64.7 Å². The lowest BCUT2D eigenvalue weighted by molar-refractivity contribution is 0.594. The molecule has 1 heteroatoms. The first-order valence-electron chi connectivity index (χ1n) is 7.79. The van der Waals surface area contributed by atoms with E-state index in [2.05, 4.69) is 47.1 Å². The highest BCUT2D eigenvalue weighted by Crippen LogP contribution is 2.35. The van der Waals surface area contributed by atoms with Gasteiger partial charge in [-0.15, -0.1) is 0 Å². The molecule has 1 aliphatic rings. The van der Waals surface area contributed by atoms with Crippen LogP contribution in [0.2, 0.25) is 0 Å². The van der Waals surface area contributed by atoms with E-state index in [0.717, 1.165) is 6.42 Å². The van der Waals surface area contributed by atoms with E-state index in [4.69, 9.17) is 0 Å². The number of fused-ring (bicyclic) bond motifs is 1. The molecule has 0 saturated carbocycles. The van der Waals surface area contributed by atoms with Gasteiger partial charge in [0, 0.05) is 4.47 Å². The molecule has 0 saturated heterocycles. The normalized spacial score (nSPS) is 13.5. The molecule has 0 aromatic heterocycles. The number of rotatable bonds is 8. The van der Waals surface area contributed by atoms with Gasteiger partial charge in [-0.3, -0.25) is 0 Å². The SMILES string of the molecule is CCCCCCCCCC1=CCc2c(Br)cccc21. The van der Waals surface area contributed by atoms with Gasteiger partial charge < -0.3 is 0 Å². The maximum Gasteiger partial charge on any atom is 0.0216 e. The van der Waals surface area contributed by atoms with Crippen molar-refractivity contribution in [2.75, 3.05) is 0 Å². The quantitative estimate of drug-likeness (QED) is 0.478. The van der Waals surface area contributed by atoms with Crippen LogP contribution in [-0.2, 0) is 6.42 Å². The minimum absolute atomic E-state index is 1.11. The van der Waals surface area contributed by atoms with Crippen molar-refractivity contribution in [3.05, 3.63) is 39.9 Å². The van der Waals surface area contributed by atoms with Gasteiger partial charge in [-0.05, 0) is 42.0 Å². The summed E-state index contributed by atoms with van der Waals surface area (Å²) in [5.74, 6) is 0. The zero-order chi connectivity index (χ0) is 13.5. The van der Waals surface area contributed by atoms with E-state index < -0.39 is 0 Å². The maximum atomic E-state index is 3.66. The molecule has 1 aromatic carbocycles. The lowest BCUT2D eigenvalue weighted by Crippen LogP contribution is -1.87. The molecule has 0 radical (unpaired) electrons. The van der Waals surface area contributed by atoms with Crippen LogP contribution in [0.3, 0.4) is 0 Å². The molecule has 0 unspecified atom stereocenters. The second-order valence-corrected chi connectivity index (χ2v) is 6.43. The minimum Gasteiger partial charge on any atom is -0.0762 e. The highest BCUT2D eigenvalue weighted by molar-refractivity contribution is 9.10. The Balaban J connectivity index is 1.70. The van der Waals surface area contributed by atoms with Crippen molar-refractivity contribution in [3.8, 4) is 0 Å². The molecule has 0 atom stereocenters. The summed E-state index contributed by atoms with van der Waals surface area (Å²) >= 11 is 3.66. The summed E-state index contributed by atoms with van der Waals surface area (Å²) in [6.07, 6.45) is 14.6. The van der Waals surface area contributed by atoms with E-state index in [1.807, 2.05) is 0 Å². The predicted molar refractivity (Wildman–Crippen MR) is 88.4 cm³/mol. The van der Waals surface area contributed by atoms with Crippen LogP contribution in [0.15, 0.2) is 28.7 Å². The zero-order valence-electron chi connectivity index (χ0n) is 12.1. The first kappa shape index (κ1) is 14.8. The second kappa shape index (κ2) is 7.89. The van der Waals surface area contributed by atoms with Crippen molar-refractivity contribution in [2.24, 2.45) is 0 Å². The fraction of sp³-hybridized carbons (Fsp3) is 0.556. The van der Waals surface area contributed by atoms with Gasteiger partial charge in [-0.1, -0.05) is 79.6 Å². The second-order valence-electron chi connectivity index (χ2n) is 5.57. The van der Waals surface area contributed by atoms with Crippen LogP contribution >= 0.6 is 15.9 Å². The van der Waals surface area contributed by atoms with E-state index in [0.29, 0.717) is 0 Å². The topological polar surface area (TPSA) is 0 Å². The van der Waals surface area contributed by atoms with Crippen molar-refractivity contribution in [3.63, 3.8) is 0 Å². The lowest BCUT2D eigenvalue weighted by Gasteiger charge is -2.07. The van der Waals surface area contributed by atoms with Crippen molar-refractivity contribution >= 4 is 21.5 Å². The molecule has 0 amide bonds. The van der Waals surface area contributed by atoms with Gasteiger partial charge in [0.1, 0.15) is 0 Å². The number of hydrogen-bond acceptors (Lipinski definition) is 0. The molecule has 0 spiro atoms. The summed E-state index contributed by atoms with van der Waals surface area (Å²) in [5.41, 5.74) is 4.55. The fourth-order valence-electron chi connectivity index (χ4n) is 2.91. The van der Waals surface area contributed by atoms with Gasteiger partial charge in [-0.25, -0.2) is 0 Å². The van der Waals surface area contributed by atoms with Crippen LogP contribution in [0.4, 0.5) is 0 Å². The van der Waals surface area contributed by atoms with Gasteiger partial charge >= 0.3 is 0 Å². The summed E-state index contributed by atoms with van der Waals surface area (Å²) in [5, 5.41) is 0. The van der Waals surface area contributed by atoms with E-state index in [1.54, 1.807) is 5.57 Å². The third-order valence-corrected chi connectivity index (χ3v) is 4.81. The Bertz CT molecular complexity index is 431. The average Bonchev–Trinajstić information content (AvgIpc) is 2.83. The summed E-state index contributed by atoms with van der Waals surface area (Å²) in [4.78, 5) is 0. The Morgan fingerprint density at radius 3 is 2.53 bits per heavy atom. The van der Waals surface area contributed by atoms with Crippen LogP contribution in [0, 0.1) is 0 Å². The first-order chi connectivity index (χ1) is 9.33. The molecular formula is C18H25Br. The number of unbranched alkanes of at least 4 members (excludes halogenated alkanes) is 6. The molecule has 0 aliphatic heterocycles. The van der Waals surface area contributed by atoms with E-state index in [9.17, 15) is 0 Å². The minimum atomic E-state index is 1.11. The van der Waals surface area contributed by atoms with Crippen molar-refractivity contribution < 1.29 is 0 Å². The van der Waals surface area contributed by atoms with Gasteiger partial charge in [0.25, 0.3) is 0 Å². The smallest absolute Gasteiger partial charge is 0.0216 e. The van der Waals surface area contributed by atoms with Crippen LogP contribution in [0.25, 0.3) is 5.57 Å². The Labute approximate surface area is 126 Å². The molecule has 1 aromatic rings. The molecule has 2 rings (SSSR count). The van der Waals surface area contributed by atoms with E-state index in [1.165, 1.54) is 67.0 Å². The largest absolute Gasteiger partial charge is 0.0762 e. The third kappa shape index (κ3) is 4.21. The average molecular weight is 321 g/mol. The van der Waals surface area contributed by atoms with E-state index >= 15 is 0 Å². The summed E-state index contributed by atoms with van der Waals surface area (Å²) in [7, 11) is 0. The van der Waals surface area contributed by atoms with Gasteiger partial charge in [0.2, 0.25) is 0 Å². The lowest BCUT2D eigenvalue weighted by atomic mass is 10.00. The van der Waals surface area contributed by atoms with Crippen LogP contribution in [0.5, 0.6) is 0 Å². The zero-order valence-corrected chi connectivity index (χ0v) is 13.6. The van der Waals surface area contributed by atoms with Crippen LogP contribution in [0.1, 0.15) is 69.4 Å². The van der Waals surface area contributed by atoms with Gasteiger partial charge in [0.15, 0.2) is 0 Å². The van der Waals surface area contributed by atoms with Gasteiger partial charge in [-0.2, -0.15) is 0 Å². The summed E-state index contributed by atoms with van der Waals surface area (Å²) < 4.78 is 1.27. The van der Waals surface area contributed by atoms with Crippen molar-refractivity contribution in [1.82, 2.24) is 0 Å². The Hall–Kier alpha value is -0.560. The Morgan fingerprint density at radius 2 is 1.74 bits per heavy atom. The molecule has 0 nitrogen and oxygen atoms in total. The molecule has 0 bridgehead atoms. The standard InChI is InChI=1S/C18H25Br/c1-2-3-4-5-6-7-8-10-15-13-14-17-16(15)11-9-12-18(17)19/h9,11-13H,2-8,10,14H2,1H3. The predicted octanol–water partition coefficient (Wildman–Crippen LogP) is 6.53. The molecule has 19 heavy (non-hydrogen) atoms. The number of allylic oxidation sites excluding steroid dienone is 2. The van der Waals surface area contributed by atoms with Crippen LogP contribution < -0.4 is 0 Å². The molecular weight excluding hydrogens is 296 g/mol. The highest BCUT2D eigenvalue weighted by Gasteiger charge is 2.15. The Kier molecular flexibility index (Phi) is 6.16. The molecule has 1 aliphatic carbocycles. The summed E-state index contributed by atoms with van der Waals surface area (Å²) in [6.45, 7) is 2.28. The number of benzene rings is 1. The molecule has 0 heterocycles. The highest BCUT2D eigenvalue weighted by atomic mass is 79.9. The molecule has 0 fully saturated rings. The monoisotopic (exact) mass is 320 g/mol. The molecule has 0 N–H and O–H groups in total. The van der Waals surface area contributed by atoms with Gasteiger partial charge in [0.05, 0.1) is 0 Å². The maximum absolute atomic E-state index is 3.66. The molecule has 104 valence electrons. The van der Waals surface area contributed by atoms with E-state index in [-0.39, 0.29) is 0 Å². The first-order valence-corrected chi connectivity index (χ1v) is 8.59. The van der Waals surface area contributed by atoms with Crippen molar-refractivity contribution in [1.29, 1.82) is 0 Å². The number of hydrogen-bond donors (Lipinski definition) is 0. The fourth-order valence-corrected chi connectivity index (χ4v) is 3.44. The van der Waals surface area contributed by atoms with Crippen LogP contribution in [-0.4, -0.2) is 0 Å². The summed E-state index contributed by atoms with van der Waals surface area (Å²) in [6, 6.07) is 6.59. The number of halogens is 1. The third-order valence-electron chi connectivity index (χ3n) is 4.07. The Morgan fingerprint density at radius 1 is 1.00 bits per heavy atom.